The molecule has 3 aromatic rings. The Kier molecular flexibility index (Phi) is 3.98. The van der Waals surface area contributed by atoms with E-state index >= 15 is 0 Å². The van der Waals surface area contributed by atoms with E-state index in [4.69, 9.17) is 0 Å². The molecule has 7 nitrogen and oxygen atoms in total. The Bertz CT molecular complexity index is 1030. The molecule has 1 atom stereocenters. The van der Waals surface area contributed by atoms with Crippen LogP contribution in [0.15, 0.2) is 53.4 Å². The van der Waals surface area contributed by atoms with Crippen molar-refractivity contribution in [2.45, 2.75) is 10.9 Å². The largest absolute Gasteiger partial charge is 0.353 e. The van der Waals surface area contributed by atoms with Crippen molar-refractivity contribution in [1.82, 2.24) is 18.4 Å². The third kappa shape index (κ3) is 2.70. The van der Waals surface area contributed by atoms with Crippen molar-refractivity contribution in [2.24, 2.45) is 0 Å². The maximum Gasteiger partial charge on any atom is 0.246 e. The lowest BCUT2D eigenvalue weighted by atomic mass is 10.1. The standard InChI is InChI=1S/C16H14N4O3S2/c21-16-15(11-5-2-1-3-6-11)20(10-9-17-16)25(22,23)13-8-4-7-12-14(13)19-24-18-12/h1-8,15H,9-10H2,(H,17,21)/t15-/m0/s1. The summed E-state index contributed by atoms with van der Waals surface area (Å²) >= 11 is 0.965. The molecular weight excluding hydrogens is 360 g/mol. The molecule has 1 aromatic heterocycles. The highest BCUT2D eigenvalue weighted by molar-refractivity contribution is 7.89. The fourth-order valence-corrected chi connectivity index (χ4v) is 5.31. The molecule has 0 saturated carbocycles. The lowest BCUT2D eigenvalue weighted by Gasteiger charge is -2.34. The molecule has 1 amide bonds. The zero-order chi connectivity index (χ0) is 17.4. The van der Waals surface area contributed by atoms with Crippen molar-refractivity contribution in [1.29, 1.82) is 0 Å². The zero-order valence-corrected chi connectivity index (χ0v) is 14.6. The van der Waals surface area contributed by atoms with E-state index in [1.54, 1.807) is 36.4 Å². The fraction of sp³-hybridized carbons (Fsp3) is 0.188. The van der Waals surface area contributed by atoms with Crippen LogP contribution in [0.1, 0.15) is 11.6 Å². The SMILES string of the molecule is O=C1NCCN(S(=O)(=O)c2cccc3nsnc23)[C@H]1c1ccccc1. The molecule has 0 unspecified atom stereocenters. The first-order chi connectivity index (χ1) is 12.1. The molecule has 0 spiro atoms. The van der Waals surface area contributed by atoms with Gasteiger partial charge in [0.15, 0.2) is 0 Å². The minimum atomic E-state index is -3.91. The van der Waals surface area contributed by atoms with Crippen LogP contribution in [-0.4, -0.2) is 40.5 Å². The predicted molar refractivity (Wildman–Crippen MR) is 93.5 cm³/mol. The number of hydrogen-bond acceptors (Lipinski definition) is 6. The first kappa shape index (κ1) is 16.1. The average molecular weight is 374 g/mol. The molecule has 4 rings (SSSR count). The van der Waals surface area contributed by atoms with Gasteiger partial charge < -0.3 is 5.32 Å². The van der Waals surface area contributed by atoms with Crippen molar-refractivity contribution in [3.63, 3.8) is 0 Å². The van der Waals surface area contributed by atoms with Crippen LogP contribution < -0.4 is 5.32 Å². The van der Waals surface area contributed by atoms with E-state index < -0.39 is 16.1 Å². The van der Waals surface area contributed by atoms with Crippen molar-refractivity contribution < 1.29 is 13.2 Å². The minimum Gasteiger partial charge on any atom is -0.353 e. The molecule has 0 bridgehead atoms. The molecule has 1 fully saturated rings. The molecule has 128 valence electrons. The summed E-state index contributed by atoms with van der Waals surface area (Å²) in [6, 6.07) is 12.9. The van der Waals surface area contributed by atoms with Crippen molar-refractivity contribution in [3.8, 4) is 0 Å². The van der Waals surface area contributed by atoms with E-state index in [0.717, 1.165) is 11.7 Å². The van der Waals surface area contributed by atoms with Crippen LogP contribution in [0.5, 0.6) is 0 Å². The Morgan fingerprint density at radius 2 is 1.88 bits per heavy atom. The summed E-state index contributed by atoms with van der Waals surface area (Å²) in [5.74, 6) is -0.329. The van der Waals surface area contributed by atoms with Crippen molar-refractivity contribution >= 4 is 38.7 Å². The monoisotopic (exact) mass is 374 g/mol. The van der Waals surface area contributed by atoms with Gasteiger partial charge in [0.05, 0.1) is 11.7 Å². The highest BCUT2D eigenvalue weighted by Gasteiger charge is 2.40. The average Bonchev–Trinajstić information content (AvgIpc) is 3.10. The van der Waals surface area contributed by atoms with Crippen molar-refractivity contribution in [3.05, 3.63) is 54.1 Å². The topological polar surface area (TPSA) is 92.3 Å². The smallest absolute Gasteiger partial charge is 0.246 e. The summed E-state index contributed by atoms with van der Waals surface area (Å²) in [7, 11) is -3.91. The van der Waals surface area contributed by atoms with Crippen LogP contribution in [0, 0.1) is 0 Å². The maximum absolute atomic E-state index is 13.3. The van der Waals surface area contributed by atoms with Gasteiger partial charge in [-0.3, -0.25) is 4.79 Å². The quantitative estimate of drug-likeness (QED) is 0.751. The first-order valence-electron chi connectivity index (χ1n) is 7.65. The molecule has 0 radical (unpaired) electrons. The Morgan fingerprint density at radius 3 is 2.68 bits per heavy atom. The number of carbonyl (C=O) groups excluding carboxylic acids is 1. The second-order valence-corrected chi connectivity index (χ2v) is 8.00. The Hall–Kier alpha value is -2.36. The Balaban J connectivity index is 1.85. The molecule has 0 aliphatic carbocycles. The van der Waals surface area contributed by atoms with Gasteiger partial charge in [-0.2, -0.15) is 13.1 Å². The number of amides is 1. The lowest BCUT2D eigenvalue weighted by Crippen LogP contribution is -2.52. The van der Waals surface area contributed by atoms with Gasteiger partial charge in [0, 0.05) is 13.1 Å². The number of fused-ring (bicyclic) bond motifs is 1. The highest BCUT2D eigenvalue weighted by Crippen LogP contribution is 2.32. The summed E-state index contributed by atoms with van der Waals surface area (Å²) in [6.45, 7) is 0.467. The zero-order valence-electron chi connectivity index (χ0n) is 13.0. The number of aromatic nitrogens is 2. The first-order valence-corrected chi connectivity index (χ1v) is 9.82. The second kappa shape index (κ2) is 6.17. The molecule has 25 heavy (non-hydrogen) atoms. The van der Waals surface area contributed by atoms with Gasteiger partial charge in [0.2, 0.25) is 15.9 Å². The fourth-order valence-electron chi connectivity index (χ4n) is 2.97. The van der Waals surface area contributed by atoms with Crippen LogP contribution in [0.4, 0.5) is 0 Å². The third-order valence-electron chi connectivity index (χ3n) is 4.12. The van der Waals surface area contributed by atoms with Gasteiger partial charge in [-0.25, -0.2) is 8.42 Å². The van der Waals surface area contributed by atoms with Crippen LogP contribution in [0.3, 0.4) is 0 Å². The second-order valence-electron chi connectivity index (χ2n) is 5.61. The number of piperazine rings is 1. The number of carbonyl (C=O) groups is 1. The molecular formula is C16H14N4O3S2. The van der Waals surface area contributed by atoms with Gasteiger partial charge in [-0.05, 0) is 17.7 Å². The Labute approximate surface area is 148 Å². The van der Waals surface area contributed by atoms with Gasteiger partial charge in [-0.1, -0.05) is 36.4 Å². The summed E-state index contributed by atoms with van der Waals surface area (Å²) in [6.07, 6.45) is 0. The van der Waals surface area contributed by atoms with Crippen LogP contribution in [0.25, 0.3) is 11.0 Å². The molecule has 1 saturated heterocycles. The molecule has 1 aliphatic rings. The van der Waals surface area contributed by atoms with Gasteiger partial charge in [-0.15, -0.1) is 0 Å². The van der Waals surface area contributed by atoms with E-state index in [2.05, 4.69) is 14.1 Å². The number of hydrogen-bond donors (Lipinski definition) is 1. The molecule has 1 aliphatic heterocycles. The molecule has 9 heteroatoms. The number of rotatable bonds is 3. The van der Waals surface area contributed by atoms with Gasteiger partial charge >= 0.3 is 0 Å². The number of nitrogens with zero attached hydrogens (tertiary/aromatic N) is 3. The van der Waals surface area contributed by atoms with Crippen LogP contribution >= 0.6 is 11.7 Å². The van der Waals surface area contributed by atoms with Gasteiger partial charge in [0.1, 0.15) is 22.0 Å². The van der Waals surface area contributed by atoms with Crippen molar-refractivity contribution in [2.75, 3.05) is 13.1 Å². The molecule has 1 N–H and O–H groups in total. The van der Waals surface area contributed by atoms with Crippen LogP contribution in [-0.2, 0) is 14.8 Å². The molecule has 2 heterocycles. The molecule has 2 aromatic carbocycles. The van der Waals surface area contributed by atoms with E-state index in [1.165, 1.54) is 10.4 Å². The summed E-state index contributed by atoms with van der Waals surface area (Å²) < 4.78 is 36.1. The number of benzene rings is 2. The Morgan fingerprint density at radius 1 is 1.08 bits per heavy atom. The normalized spacial score (nSPS) is 19.0. The maximum atomic E-state index is 13.3. The minimum absolute atomic E-state index is 0.0781. The van der Waals surface area contributed by atoms with Gasteiger partial charge in [0.25, 0.3) is 0 Å². The number of sulfonamides is 1. The summed E-state index contributed by atoms with van der Waals surface area (Å²) in [4.78, 5) is 12.5. The predicted octanol–water partition coefficient (Wildman–Crippen LogP) is 1.55. The van der Waals surface area contributed by atoms with Crippen LogP contribution in [0.2, 0.25) is 0 Å². The number of nitrogens with one attached hydrogen (secondary N) is 1. The van der Waals surface area contributed by atoms with E-state index in [1.807, 2.05) is 6.07 Å². The van der Waals surface area contributed by atoms with E-state index in [-0.39, 0.29) is 23.9 Å². The van der Waals surface area contributed by atoms with E-state index in [0.29, 0.717) is 16.6 Å². The van der Waals surface area contributed by atoms with E-state index in [9.17, 15) is 13.2 Å². The third-order valence-corrected chi connectivity index (χ3v) is 6.56. The summed E-state index contributed by atoms with van der Waals surface area (Å²) in [5.41, 5.74) is 1.50. The highest BCUT2D eigenvalue weighted by atomic mass is 32.2. The summed E-state index contributed by atoms with van der Waals surface area (Å²) in [5, 5.41) is 2.75. The lowest BCUT2D eigenvalue weighted by molar-refractivity contribution is -0.126.